The minimum atomic E-state index is -0.451. The lowest BCUT2D eigenvalue weighted by molar-refractivity contribution is -0.131. The summed E-state index contributed by atoms with van der Waals surface area (Å²) in [5.74, 6) is 0.519. The molecule has 2 aromatic carbocycles. The minimum Gasteiger partial charge on any atom is -0.496 e. The molecule has 1 aromatic heterocycles. The molecule has 1 N–H and O–H groups in total. The number of aryl methyl sites for hydroxylation is 1. The third kappa shape index (κ3) is 3.60. The summed E-state index contributed by atoms with van der Waals surface area (Å²) < 4.78 is 10.6. The normalized spacial score (nSPS) is 14.5. The largest absolute Gasteiger partial charge is 0.496 e. The van der Waals surface area contributed by atoms with Crippen molar-refractivity contribution in [3.8, 4) is 5.75 Å². The first-order valence-electron chi connectivity index (χ1n) is 9.42. The van der Waals surface area contributed by atoms with Crippen molar-refractivity contribution in [3.05, 3.63) is 58.6 Å². The first-order chi connectivity index (χ1) is 13.7. The van der Waals surface area contributed by atoms with Gasteiger partial charge < -0.3 is 19.0 Å². The van der Waals surface area contributed by atoms with Crippen LogP contribution >= 0.6 is 0 Å². The minimum absolute atomic E-state index is 0.150. The quantitative estimate of drug-likeness (QED) is 0.734. The summed E-state index contributed by atoms with van der Waals surface area (Å²) in [6, 6.07) is 13.5. The van der Waals surface area contributed by atoms with Gasteiger partial charge in [-0.1, -0.05) is 24.3 Å². The second-order valence-electron chi connectivity index (χ2n) is 6.85. The molecule has 4 rings (SSSR count). The number of benzene rings is 2. The van der Waals surface area contributed by atoms with Crippen LogP contribution in [0.5, 0.6) is 5.75 Å². The Labute approximate surface area is 162 Å². The number of para-hydroxylation sites is 2. The Kier molecular flexibility index (Phi) is 5.06. The summed E-state index contributed by atoms with van der Waals surface area (Å²) in [6.07, 6.45) is 1.12. The number of anilines is 1. The van der Waals surface area contributed by atoms with Crippen LogP contribution in [0.15, 0.2) is 51.7 Å². The average molecular weight is 381 g/mol. The number of aromatic nitrogens is 1. The highest BCUT2D eigenvalue weighted by molar-refractivity contribution is 5.86. The molecule has 1 aliphatic heterocycles. The van der Waals surface area contributed by atoms with Crippen molar-refractivity contribution in [2.24, 2.45) is 0 Å². The summed E-state index contributed by atoms with van der Waals surface area (Å²) in [5, 5.41) is 0. The Balaban J connectivity index is 1.37. The fourth-order valence-corrected chi connectivity index (χ4v) is 3.71. The molecule has 7 nitrogen and oxygen atoms in total. The van der Waals surface area contributed by atoms with E-state index in [-0.39, 0.29) is 5.91 Å². The number of hydrogen-bond acceptors (Lipinski definition) is 5. The predicted molar refractivity (Wildman–Crippen MR) is 107 cm³/mol. The number of amides is 1. The van der Waals surface area contributed by atoms with Crippen molar-refractivity contribution in [1.82, 2.24) is 9.88 Å². The Hall–Kier alpha value is -3.22. The number of H-pyrrole nitrogens is 1. The fourth-order valence-electron chi connectivity index (χ4n) is 3.71. The highest BCUT2D eigenvalue weighted by Crippen LogP contribution is 2.26. The van der Waals surface area contributed by atoms with Crippen LogP contribution in [0.1, 0.15) is 12.0 Å². The van der Waals surface area contributed by atoms with E-state index in [1.54, 1.807) is 7.11 Å². The smallest absolute Gasteiger partial charge is 0.417 e. The number of rotatable bonds is 5. The Morgan fingerprint density at radius 3 is 2.68 bits per heavy atom. The third-order valence-electron chi connectivity index (χ3n) is 5.20. The lowest BCUT2D eigenvalue weighted by atomic mass is 10.1. The lowest BCUT2D eigenvalue weighted by Gasteiger charge is -2.36. The zero-order valence-corrected chi connectivity index (χ0v) is 15.8. The monoisotopic (exact) mass is 381 g/mol. The molecular formula is C21H23N3O4. The van der Waals surface area contributed by atoms with Crippen LogP contribution in [-0.4, -0.2) is 49.1 Å². The predicted octanol–water partition coefficient (Wildman–Crippen LogP) is 2.41. The van der Waals surface area contributed by atoms with Gasteiger partial charge in [-0.3, -0.25) is 9.78 Å². The van der Waals surface area contributed by atoms with Gasteiger partial charge in [-0.2, -0.15) is 0 Å². The van der Waals surface area contributed by atoms with E-state index in [2.05, 4.69) is 9.88 Å². The average Bonchev–Trinajstić information content (AvgIpc) is 3.12. The Morgan fingerprint density at radius 1 is 1.11 bits per heavy atom. The molecule has 1 fully saturated rings. The molecule has 2 heterocycles. The Morgan fingerprint density at radius 2 is 1.89 bits per heavy atom. The van der Waals surface area contributed by atoms with Crippen LogP contribution < -0.4 is 15.4 Å². The molecule has 0 saturated carbocycles. The van der Waals surface area contributed by atoms with Gasteiger partial charge in [0.2, 0.25) is 5.91 Å². The van der Waals surface area contributed by atoms with Gasteiger partial charge in [0.15, 0.2) is 5.58 Å². The van der Waals surface area contributed by atoms with Crippen molar-refractivity contribution in [2.45, 2.75) is 12.8 Å². The van der Waals surface area contributed by atoms with Crippen molar-refractivity contribution in [3.63, 3.8) is 0 Å². The molecular weight excluding hydrogens is 358 g/mol. The number of fused-ring (bicyclic) bond motifs is 1. The molecule has 0 bridgehead atoms. The van der Waals surface area contributed by atoms with Gasteiger partial charge >= 0.3 is 5.76 Å². The van der Waals surface area contributed by atoms with Gasteiger partial charge in [-0.25, -0.2) is 4.79 Å². The second-order valence-corrected chi connectivity index (χ2v) is 6.85. The van der Waals surface area contributed by atoms with Crippen molar-refractivity contribution in [2.75, 3.05) is 38.2 Å². The first-order valence-corrected chi connectivity index (χ1v) is 9.42. The van der Waals surface area contributed by atoms with Gasteiger partial charge in [0.05, 0.1) is 18.3 Å². The highest BCUT2D eigenvalue weighted by Gasteiger charge is 2.23. The molecule has 7 heteroatoms. The molecule has 146 valence electrons. The maximum absolute atomic E-state index is 12.6. The SMILES string of the molecule is COc1ccccc1CCC(=O)N1CCN(c2cccc3[nH]c(=O)oc23)CC1. The number of methoxy groups -OCH3 is 1. The van der Waals surface area contributed by atoms with E-state index in [1.807, 2.05) is 47.4 Å². The number of ether oxygens (including phenoxy) is 1. The second kappa shape index (κ2) is 7.80. The van der Waals surface area contributed by atoms with Gasteiger partial charge in [0.1, 0.15) is 5.75 Å². The number of carbonyl (C=O) groups excluding carboxylic acids is 1. The number of oxazole rings is 1. The van der Waals surface area contributed by atoms with Crippen LogP contribution in [0, 0.1) is 0 Å². The van der Waals surface area contributed by atoms with Crippen LogP contribution in [0.4, 0.5) is 5.69 Å². The van der Waals surface area contributed by atoms with E-state index in [4.69, 9.17) is 9.15 Å². The molecule has 0 spiro atoms. The maximum Gasteiger partial charge on any atom is 0.417 e. The van der Waals surface area contributed by atoms with E-state index in [0.29, 0.717) is 50.1 Å². The standard InChI is InChI=1S/C21H23N3O4/c1-27-18-8-3-2-5-15(18)9-10-19(25)24-13-11-23(12-14-24)17-7-4-6-16-20(17)28-21(26)22-16/h2-8H,9-14H2,1H3,(H,22,26). The summed E-state index contributed by atoms with van der Waals surface area (Å²) >= 11 is 0. The van der Waals surface area contributed by atoms with Gasteiger partial charge in [-0.15, -0.1) is 0 Å². The first kappa shape index (κ1) is 18.2. The van der Waals surface area contributed by atoms with E-state index < -0.39 is 5.76 Å². The molecule has 3 aromatic rings. The summed E-state index contributed by atoms with van der Waals surface area (Å²) in [4.78, 5) is 30.9. The van der Waals surface area contributed by atoms with E-state index in [1.165, 1.54) is 0 Å². The molecule has 28 heavy (non-hydrogen) atoms. The van der Waals surface area contributed by atoms with Crippen LogP contribution in [0.2, 0.25) is 0 Å². The molecule has 1 saturated heterocycles. The number of nitrogens with zero attached hydrogens (tertiary/aromatic N) is 2. The number of nitrogens with one attached hydrogen (secondary N) is 1. The zero-order valence-electron chi connectivity index (χ0n) is 15.8. The lowest BCUT2D eigenvalue weighted by Crippen LogP contribution is -2.48. The van der Waals surface area contributed by atoms with Crippen molar-refractivity contribution >= 4 is 22.7 Å². The van der Waals surface area contributed by atoms with E-state index >= 15 is 0 Å². The third-order valence-corrected chi connectivity index (χ3v) is 5.20. The number of hydrogen-bond donors (Lipinski definition) is 1. The molecule has 1 amide bonds. The van der Waals surface area contributed by atoms with Gasteiger partial charge in [-0.05, 0) is 30.2 Å². The van der Waals surface area contributed by atoms with Crippen molar-refractivity contribution < 1.29 is 13.9 Å². The summed E-state index contributed by atoms with van der Waals surface area (Å²) in [5.41, 5.74) is 3.20. The molecule has 0 radical (unpaired) electrons. The van der Waals surface area contributed by atoms with E-state index in [0.717, 1.165) is 17.0 Å². The van der Waals surface area contributed by atoms with Crippen LogP contribution in [-0.2, 0) is 11.2 Å². The van der Waals surface area contributed by atoms with Crippen LogP contribution in [0.25, 0.3) is 11.1 Å². The molecule has 0 aliphatic carbocycles. The molecule has 1 aliphatic rings. The highest BCUT2D eigenvalue weighted by atomic mass is 16.5. The van der Waals surface area contributed by atoms with E-state index in [9.17, 15) is 9.59 Å². The summed E-state index contributed by atoms with van der Waals surface area (Å²) in [6.45, 7) is 2.70. The fraction of sp³-hybridized carbons (Fsp3) is 0.333. The molecule has 0 atom stereocenters. The summed E-state index contributed by atoms with van der Waals surface area (Å²) in [7, 11) is 1.65. The van der Waals surface area contributed by atoms with Gasteiger partial charge in [0, 0.05) is 32.6 Å². The zero-order chi connectivity index (χ0) is 19.5. The number of piperazine rings is 1. The Bertz CT molecular complexity index is 1030. The molecule has 0 unspecified atom stereocenters. The number of carbonyl (C=O) groups is 1. The maximum atomic E-state index is 12.6. The van der Waals surface area contributed by atoms with Crippen LogP contribution in [0.3, 0.4) is 0 Å². The van der Waals surface area contributed by atoms with Gasteiger partial charge in [0.25, 0.3) is 0 Å². The topological polar surface area (TPSA) is 78.8 Å². The number of aromatic amines is 1. The van der Waals surface area contributed by atoms with Crippen molar-refractivity contribution in [1.29, 1.82) is 0 Å².